The van der Waals surface area contributed by atoms with Gasteiger partial charge in [-0.3, -0.25) is 4.79 Å². The van der Waals surface area contributed by atoms with E-state index in [4.69, 9.17) is 0 Å². The summed E-state index contributed by atoms with van der Waals surface area (Å²) in [4.78, 5) is 11.8. The van der Waals surface area contributed by atoms with Gasteiger partial charge in [0.05, 0.1) is 0 Å². The van der Waals surface area contributed by atoms with Crippen molar-refractivity contribution in [2.75, 3.05) is 12.3 Å². The van der Waals surface area contributed by atoms with E-state index in [9.17, 15) is 4.79 Å². The van der Waals surface area contributed by atoms with Crippen LogP contribution in [0.3, 0.4) is 0 Å². The van der Waals surface area contributed by atoms with Gasteiger partial charge in [0.25, 0.3) is 0 Å². The maximum Gasteiger partial charge on any atom is 0.220 e. The molecule has 0 bridgehead atoms. The predicted molar refractivity (Wildman–Crippen MR) is 78.9 cm³/mol. The molecular formula is C15H27NOS. The van der Waals surface area contributed by atoms with Gasteiger partial charge < -0.3 is 5.32 Å². The Kier molecular flexibility index (Phi) is 4.99. The molecule has 0 aromatic carbocycles. The van der Waals surface area contributed by atoms with Crippen LogP contribution in [0, 0.1) is 17.3 Å². The minimum absolute atomic E-state index is 0.241. The molecule has 0 heterocycles. The van der Waals surface area contributed by atoms with Gasteiger partial charge in [-0.2, -0.15) is 12.6 Å². The zero-order valence-corrected chi connectivity index (χ0v) is 12.5. The van der Waals surface area contributed by atoms with Gasteiger partial charge >= 0.3 is 0 Å². The second-order valence-corrected chi connectivity index (χ2v) is 6.93. The first-order chi connectivity index (χ1) is 8.63. The normalized spacial score (nSPS) is 29.9. The summed E-state index contributed by atoms with van der Waals surface area (Å²) < 4.78 is 0. The lowest BCUT2D eigenvalue weighted by Gasteiger charge is -2.26. The summed E-state index contributed by atoms with van der Waals surface area (Å²) in [7, 11) is 0. The molecule has 1 N–H and O–H groups in total. The van der Waals surface area contributed by atoms with Gasteiger partial charge in [-0.1, -0.05) is 26.2 Å². The summed E-state index contributed by atoms with van der Waals surface area (Å²) in [5.74, 6) is 2.83. The Labute approximate surface area is 117 Å². The van der Waals surface area contributed by atoms with E-state index >= 15 is 0 Å². The van der Waals surface area contributed by atoms with Crippen molar-refractivity contribution in [1.82, 2.24) is 5.32 Å². The molecule has 18 heavy (non-hydrogen) atoms. The third-order valence-electron chi connectivity index (χ3n) is 4.75. The van der Waals surface area contributed by atoms with Gasteiger partial charge in [0.15, 0.2) is 0 Å². The van der Waals surface area contributed by atoms with Crippen molar-refractivity contribution in [3.05, 3.63) is 0 Å². The molecule has 0 saturated heterocycles. The quantitative estimate of drug-likeness (QED) is 0.711. The average Bonchev–Trinajstić information content (AvgIpc) is 3.09. The Balaban J connectivity index is 1.58. The van der Waals surface area contributed by atoms with Crippen LogP contribution in [0.1, 0.15) is 58.3 Å². The summed E-state index contributed by atoms with van der Waals surface area (Å²) in [5.41, 5.74) is 0.256. The van der Waals surface area contributed by atoms with Crippen LogP contribution in [0.4, 0.5) is 0 Å². The topological polar surface area (TPSA) is 29.1 Å². The number of rotatable bonds is 6. The van der Waals surface area contributed by atoms with Crippen LogP contribution in [0.2, 0.25) is 0 Å². The molecule has 1 amide bonds. The van der Waals surface area contributed by atoms with E-state index in [0.717, 1.165) is 24.1 Å². The Morgan fingerprint density at radius 3 is 2.78 bits per heavy atom. The van der Waals surface area contributed by atoms with E-state index in [-0.39, 0.29) is 11.3 Å². The molecule has 0 aliphatic heterocycles. The number of hydrogen-bond donors (Lipinski definition) is 2. The van der Waals surface area contributed by atoms with Crippen LogP contribution in [0.25, 0.3) is 0 Å². The molecule has 2 fully saturated rings. The highest BCUT2D eigenvalue weighted by Crippen LogP contribution is 2.49. The molecule has 2 unspecified atom stereocenters. The Bertz CT molecular complexity index is 288. The number of nitrogens with one attached hydrogen (secondary N) is 1. The third-order valence-corrected chi connectivity index (χ3v) is 5.42. The predicted octanol–water partition coefficient (Wildman–Crippen LogP) is 3.42. The summed E-state index contributed by atoms with van der Waals surface area (Å²) in [6, 6.07) is 0. The van der Waals surface area contributed by atoms with Crippen LogP contribution in [-0.4, -0.2) is 18.2 Å². The lowest BCUT2D eigenvalue weighted by molar-refractivity contribution is -0.122. The van der Waals surface area contributed by atoms with E-state index in [1.807, 2.05) is 0 Å². The molecule has 2 aliphatic carbocycles. The maximum absolute atomic E-state index is 11.8. The standard InChI is InChI=1S/C15H27NOS/c1-12-3-2-4-13(9-12)5-8-16-14(17)10-15(11-18)6-7-15/h12-13,18H,2-11H2,1H3,(H,16,17). The van der Waals surface area contributed by atoms with Crippen LogP contribution in [0.15, 0.2) is 0 Å². The molecule has 2 rings (SSSR count). The summed E-state index contributed by atoms with van der Waals surface area (Å²) in [5, 5.41) is 3.10. The minimum Gasteiger partial charge on any atom is -0.356 e. The highest BCUT2D eigenvalue weighted by molar-refractivity contribution is 7.80. The SMILES string of the molecule is CC1CCCC(CCNC(=O)CC2(CS)CC2)C1. The maximum atomic E-state index is 11.8. The number of carbonyl (C=O) groups is 1. The number of hydrogen-bond acceptors (Lipinski definition) is 2. The second kappa shape index (κ2) is 6.31. The molecule has 0 aromatic heterocycles. The van der Waals surface area contributed by atoms with Crippen LogP contribution in [0.5, 0.6) is 0 Å². The zero-order valence-electron chi connectivity index (χ0n) is 11.6. The third kappa shape index (κ3) is 4.18. The van der Waals surface area contributed by atoms with Gasteiger partial charge in [-0.05, 0) is 48.7 Å². The van der Waals surface area contributed by atoms with E-state index in [1.54, 1.807) is 0 Å². The first kappa shape index (κ1) is 14.2. The number of thiol groups is 1. The van der Waals surface area contributed by atoms with E-state index in [0.29, 0.717) is 6.42 Å². The molecule has 0 aromatic rings. The molecular weight excluding hydrogens is 242 g/mol. The number of carbonyl (C=O) groups excluding carboxylic acids is 1. The fourth-order valence-corrected chi connectivity index (χ4v) is 3.64. The smallest absolute Gasteiger partial charge is 0.220 e. The molecule has 0 radical (unpaired) electrons. The largest absolute Gasteiger partial charge is 0.356 e. The van der Waals surface area contributed by atoms with Crippen molar-refractivity contribution < 1.29 is 4.79 Å². The lowest BCUT2D eigenvalue weighted by Crippen LogP contribution is -2.29. The molecule has 104 valence electrons. The van der Waals surface area contributed by atoms with E-state index < -0.39 is 0 Å². The van der Waals surface area contributed by atoms with Gasteiger partial charge in [0.1, 0.15) is 0 Å². The van der Waals surface area contributed by atoms with Gasteiger partial charge in [-0.25, -0.2) is 0 Å². The monoisotopic (exact) mass is 269 g/mol. The van der Waals surface area contributed by atoms with Crippen molar-refractivity contribution in [2.45, 2.75) is 58.3 Å². The van der Waals surface area contributed by atoms with Crippen molar-refractivity contribution >= 4 is 18.5 Å². The highest BCUT2D eigenvalue weighted by atomic mass is 32.1. The van der Waals surface area contributed by atoms with Crippen LogP contribution in [-0.2, 0) is 4.79 Å². The van der Waals surface area contributed by atoms with Gasteiger partial charge in [0, 0.05) is 13.0 Å². The molecule has 2 saturated carbocycles. The Hall–Kier alpha value is -0.180. The second-order valence-electron chi connectivity index (χ2n) is 6.61. The van der Waals surface area contributed by atoms with Crippen molar-refractivity contribution in [3.63, 3.8) is 0 Å². The highest BCUT2D eigenvalue weighted by Gasteiger charge is 2.42. The zero-order chi connectivity index (χ0) is 13.0. The molecule has 2 aliphatic rings. The van der Waals surface area contributed by atoms with Crippen LogP contribution < -0.4 is 5.32 Å². The molecule has 2 atom stereocenters. The lowest BCUT2D eigenvalue weighted by atomic mass is 9.81. The summed E-state index contributed by atoms with van der Waals surface area (Å²) in [6.07, 6.45) is 9.72. The van der Waals surface area contributed by atoms with Crippen LogP contribution >= 0.6 is 12.6 Å². The first-order valence-electron chi connectivity index (χ1n) is 7.51. The summed E-state index contributed by atoms with van der Waals surface area (Å²) >= 11 is 4.34. The first-order valence-corrected chi connectivity index (χ1v) is 8.14. The fourth-order valence-electron chi connectivity index (χ4n) is 3.21. The fraction of sp³-hybridized carbons (Fsp3) is 0.933. The van der Waals surface area contributed by atoms with Crippen molar-refractivity contribution in [2.24, 2.45) is 17.3 Å². The molecule has 3 heteroatoms. The van der Waals surface area contributed by atoms with Gasteiger partial charge in [0.2, 0.25) is 5.91 Å². The molecule has 0 spiro atoms. The summed E-state index contributed by atoms with van der Waals surface area (Å²) in [6.45, 7) is 3.23. The average molecular weight is 269 g/mol. The Morgan fingerprint density at radius 1 is 1.39 bits per heavy atom. The van der Waals surface area contributed by atoms with Crippen molar-refractivity contribution in [3.8, 4) is 0 Å². The Morgan fingerprint density at radius 2 is 2.17 bits per heavy atom. The molecule has 2 nitrogen and oxygen atoms in total. The van der Waals surface area contributed by atoms with Gasteiger partial charge in [-0.15, -0.1) is 0 Å². The van der Waals surface area contributed by atoms with Crippen molar-refractivity contribution in [1.29, 1.82) is 0 Å². The number of amides is 1. The van der Waals surface area contributed by atoms with E-state index in [2.05, 4.69) is 24.9 Å². The van der Waals surface area contributed by atoms with E-state index in [1.165, 1.54) is 44.9 Å². The minimum atomic E-state index is 0.241.